The average Bonchev–Trinajstić information content (AvgIpc) is 2.06. The minimum Gasteiger partial charge on any atom is -0.303 e. The number of hydrogen-bond donors (Lipinski definition) is 0. The molecule has 0 atom stereocenters. The predicted molar refractivity (Wildman–Crippen MR) is 50.0 cm³/mol. The van der Waals surface area contributed by atoms with Crippen LogP contribution >= 0.6 is 0 Å². The van der Waals surface area contributed by atoms with Gasteiger partial charge in [0.2, 0.25) is 0 Å². The Hall–Kier alpha value is -0.110. The van der Waals surface area contributed by atoms with Crippen LogP contribution in [0.2, 0.25) is 0 Å². The maximum atomic E-state index is 14.0. The van der Waals surface area contributed by atoms with Crippen molar-refractivity contribution in [1.82, 2.24) is 4.90 Å². The molecular formula is C10H20FN. The molecule has 0 N–H and O–H groups in total. The summed E-state index contributed by atoms with van der Waals surface area (Å²) in [5.41, 5.74) is -0.883. The zero-order chi connectivity index (χ0) is 9.19. The summed E-state index contributed by atoms with van der Waals surface area (Å²) in [6, 6.07) is 0. The van der Waals surface area contributed by atoms with E-state index in [0.29, 0.717) is 0 Å². The SMILES string of the molecule is CCN1CCC(F)(C(C)C)CC1. The first kappa shape index (κ1) is 9.97. The van der Waals surface area contributed by atoms with Crippen molar-refractivity contribution in [2.45, 2.75) is 39.3 Å². The molecule has 0 bridgehead atoms. The molecule has 2 heteroatoms. The average molecular weight is 173 g/mol. The quantitative estimate of drug-likeness (QED) is 0.620. The summed E-state index contributed by atoms with van der Waals surface area (Å²) >= 11 is 0. The smallest absolute Gasteiger partial charge is 0.115 e. The highest BCUT2D eigenvalue weighted by Crippen LogP contribution is 2.33. The molecule has 0 spiro atoms. The lowest BCUT2D eigenvalue weighted by atomic mass is 9.83. The van der Waals surface area contributed by atoms with Gasteiger partial charge in [0.1, 0.15) is 5.67 Å². The Bertz CT molecular complexity index is 137. The highest BCUT2D eigenvalue weighted by atomic mass is 19.1. The molecule has 0 aromatic heterocycles. The van der Waals surface area contributed by atoms with Crippen molar-refractivity contribution in [3.05, 3.63) is 0 Å². The summed E-state index contributed by atoms with van der Waals surface area (Å²) in [5, 5.41) is 0. The van der Waals surface area contributed by atoms with Crippen LogP contribution in [0.25, 0.3) is 0 Å². The Morgan fingerprint density at radius 3 is 2.17 bits per heavy atom. The molecule has 72 valence electrons. The number of piperidine rings is 1. The van der Waals surface area contributed by atoms with E-state index >= 15 is 0 Å². The van der Waals surface area contributed by atoms with Gasteiger partial charge in [-0.3, -0.25) is 0 Å². The molecule has 1 heterocycles. The Morgan fingerprint density at radius 1 is 1.33 bits per heavy atom. The number of hydrogen-bond acceptors (Lipinski definition) is 1. The fourth-order valence-corrected chi connectivity index (χ4v) is 1.82. The number of halogens is 1. The van der Waals surface area contributed by atoms with E-state index in [2.05, 4.69) is 11.8 Å². The molecule has 1 nitrogen and oxygen atoms in total. The summed E-state index contributed by atoms with van der Waals surface area (Å²) in [5.74, 6) is 0.177. The zero-order valence-corrected chi connectivity index (χ0v) is 8.44. The molecule has 0 amide bonds. The molecule has 1 rings (SSSR count). The van der Waals surface area contributed by atoms with Crippen LogP contribution in [0.15, 0.2) is 0 Å². The standard InChI is InChI=1S/C10H20FN/c1-4-12-7-5-10(11,6-8-12)9(2)3/h9H,4-8H2,1-3H3. The van der Waals surface area contributed by atoms with Gasteiger partial charge in [0.05, 0.1) is 0 Å². The topological polar surface area (TPSA) is 3.24 Å². The van der Waals surface area contributed by atoms with Crippen molar-refractivity contribution < 1.29 is 4.39 Å². The van der Waals surface area contributed by atoms with E-state index in [1.165, 1.54) is 0 Å². The van der Waals surface area contributed by atoms with Crippen LogP contribution in [0.1, 0.15) is 33.6 Å². The van der Waals surface area contributed by atoms with Crippen LogP contribution in [0.4, 0.5) is 4.39 Å². The van der Waals surface area contributed by atoms with E-state index < -0.39 is 5.67 Å². The van der Waals surface area contributed by atoms with Crippen LogP contribution in [0.5, 0.6) is 0 Å². The van der Waals surface area contributed by atoms with Crippen molar-refractivity contribution in [3.63, 3.8) is 0 Å². The van der Waals surface area contributed by atoms with Crippen LogP contribution in [0, 0.1) is 5.92 Å². The van der Waals surface area contributed by atoms with Gasteiger partial charge in [-0.2, -0.15) is 0 Å². The first-order valence-corrected chi connectivity index (χ1v) is 5.00. The van der Waals surface area contributed by atoms with Crippen molar-refractivity contribution in [1.29, 1.82) is 0 Å². The zero-order valence-electron chi connectivity index (χ0n) is 8.44. The minimum atomic E-state index is -0.883. The Morgan fingerprint density at radius 2 is 1.83 bits per heavy atom. The monoisotopic (exact) mass is 173 g/mol. The van der Waals surface area contributed by atoms with E-state index in [4.69, 9.17) is 0 Å². The summed E-state index contributed by atoms with van der Waals surface area (Å²) in [4.78, 5) is 2.32. The van der Waals surface area contributed by atoms with Gasteiger partial charge in [-0.1, -0.05) is 20.8 Å². The van der Waals surface area contributed by atoms with Crippen molar-refractivity contribution >= 4 is 0 Å². The number of alkyl halides is 1. The molecule has 1 fully saturated rings. The molecule has 0 aromatic rings. The fourth-order valence-electron chi connectivity index (χ4n) is 1.82. The van der Waals surface area contributed by atoms with E-state index in [-0.39, 0.29) is 5.92 Å². The third-order valence-electron chi connectivity index (χ3n) is 3.17. The highest BCUT2D eigenvalue weighted by molar-refractivity contribution is 4.88. The number of nitrogens with zero attached hydrogens (tertiary/aromatic N) is 1. The van der Waals surface area contributed by atoms with Gasteiger partial charge in [0, 0.05) is 13.1 Å². The Balaban J connectivity index is 2.44. The molecule has 12 heavy (non-hydrogen) atoms. The highest BCUT2D eigenvalue weighted by Gasteiger charge is 2.36. The van der Waals surface area contributed by atoms with Gasteiger partial charge in [-0.25, -0.2) is 4.39 Å². The molecule has 0 radical (unpaired) electrons. The molecule has 1 aliphatic rings. The third-order valence-corrected chi connectivity index (χ3v) is 3.17. The summed E-state index contributed by atoms with van der Waals surface area (Å²) in [7, 11) is 0. The molecular weight excluding hydrogens is 153 g/mol. The molecule has 0 aliphatic carbocycles. The second kappa shape index (κ2) is 3.73. The van der Waals surface area contributed by atoms with Gasteiger partial charge >= 0.3 is 0 Å². The molecule has 1 aliphatic heterocycles. The Labute approximate surface area is 74.9 Å². The molecule has 0 aromatic carbocycles. The minimum absolute atomic E-state index is 0.177. The Kier molecular flexibility index (Phi) is 3.10. The summed E-state index contributed by atoms with van der Waals surface area (Å²) < 4.78 is 14.0. The normalized spacial score (nSPS) is 24.8. The lowest BCUT2D eigenvalue weighted by molar-refractivity contribution is 0.0214. The molecule has 0 saturated carbocycles. The number of rotatable bonds is 2. The van der Waals surface area contributed by atoms with Gasteiger partial charge in [0.15, 0.2) is 0 Å². The van der Waals surface area contributed by atoms with Crippen LogP contribution < -0.4 is 0 Å². The van der Waals surface area contributed by atoms with Gasteiger partial charge in [-0.05, 0) is 25.3 Å². The largest absolute Gasteiger partial charge is 0.303 e. The van der Waals surface area contributed by atoms with Crippen LogP contribution in [-0.2, 0) is 0 Å². The van der Waals surface area contributed by atoms with Crippen molar-refractivity contribution in [2.24, 2.45) is 5.92 Å². The lowest BCUT2D eigenvalue weighted by Gasteiger charge is -2.38. The van der Waals surface area contributed by atoms with Gasteiger partial charge in [0.25, 0.3) is 0 Å². The predicted octanol–water partition coefficient (Wildman–Crippen LogP) is 2.47. The van der Waals surface area contributed by atoms with Crippen LogP contribution in [-0.4, -0.2) is 30.2 Å². The van der Waals surface area contributed by atoms with E-state index in [0.717, 1.165) is 32.5 Å². The fraction of sp³-hybridized carbons (Fsp3) is 1.00. The maximum Gasteiger partial charge on any atom is 0.115 e. The van der Waals surface area contributed by atoms with Crippen molar-refractivity contribution in [2.75, 3.05) is 19.6 Å². The van der Waals surface area contributed by atoms with E-state index in [9.17, 15) is 4.39 Å². The lowest BCUT2D eigenvalue weighted by Crippen LogP contribution is -2.44. The van der Waals surface area contributed by atoms with Gasteiger partial charge < -0.3 is 4.90 Å². The number of likely N-dealkylation sites (tertiary alicyclic amines) is 1. The third kappa shape index (κ3) is 1.98. The van der Waals surface area contributed by atoms with E-state index in [1.807, 2.05) is 13.8 Å². The summed E-state index contributed by atoms with van der Waals surface area (Å²) in [6.07, 6.45) is 1.44. The van der Waals surface area contributed by atoms with Crippen LogP contribution in [0.3, 0.4) is 0 Å². The molecule has 0 unspecified atom stereocenters. The molecule has 1 saturated heterocycles. The van der Waals surface area contributed by atoms with Gasteiger partial charge in [-0.15, -0.1) is 0 Å². The second-order valence-electron chi connectivity index (χ2n) is 4.12. The second-order valence-corrected chi connectivity index (χ2v) is 4.12. The van der Waals surface area contributed by atoms with Crippen molar-refractivity contribution in [3.8, 4) is 0 Å². The first-order valence-electron chi connectivity index (χ1n) is 5.00. The maximum absolute atomic E-state index is 14.0. The summed E-state index contributed by atoms with van der Waals surface area (Å²) in [6.45, 7) is 9.05. The first-order chi connectivity index (χ1) is 5.58. The van der Waals surface area contributed by atoms with E-state index in [1.54, 1.807) is 0 Å².